The topological polar surface area (TPSA) is 106 Å². The van der Waals surface area contributed by atoms with E-state index < -0.39 is 6.03 Å². The number of aryl methyl sites for hydroxylation is 1. The van der Waals surface area contributed by atoms with Gasteiger partial charge in [-0.3, -0.25) is 10.1 Å². The van der Waals surface area contributed by atoms with Crippen molar-refractivity contribution in [2.75, 3.05) is 49.7 Å². The first kappa shape index (κ1) is 21.0. The predicted octanol–water partition coefficient (Wildman–Crippen LogP) is 2.42. The second kappa shape index (κ2) is 10.2. The minimum absolute atomic E-state index is 0.127. The van der Waals surface area contributed by atoms with Gasteiger partial charge in [-0.25, -0.2) is 14.8 Å². The van der Waals surface area contributed by atoms with Gasteiger partial charge in [0.15, 0.2) is 5.13 Å². The number of esters is 1. The third kappa shape index (κ3) is 5.64. The number of carbonyl (C=O) groups is 2. The summed E-state index contributed by atoms with van der Waals surface area (Å²) in [5.41, 5.74) is 1.81. The van der Waals surface area contributed by atoms with E-state index in [2.05, 4.69) is 25.5 Å². The van der Waals surface area contributed by atoms with Crippen LogP contribution in [0.3, 0.4) is 0 Å². The fourth-order valence-corrected chi connectivity index (χ4v) is 3.94. The molecular weight excluding hydrogens is 394 g/mol. The molecule has 0 saturated carbocycles. The summed E-state index contributed by atoms with van der Waals surface area (Å²) in [6, 6.07) is 3.50. The van der Waals surface area contributed by atoms with Crippen molar-refractivity contribution < 1.29 is 19.1 Å². The molecule has 10 heteroatoms. The Balaban J connectivity index is 1.66. The number of hydrogen-bond donors (Lipinski definition) is 2. The Bertz CT molecular complexity index is 851. The number of aromatic nitrogens is 2. The number of ether oxygens (including phenoxy) is 2. The van der Waals surface area contributed by atoms with Crippen LogP contribution in [0.1, 0.15) is 19.0 Å². The van der Waals surface area contributed by atoms with Gasteiger partial charge >= 0.3 is 12.0 Å². The van der Waals surface area contributed by atoms with E-state index in [-0.39, 0.29) is 18.9 Å². The van der Waals surface area contributed by atoms with Crippen molar-refractivity contribution >= 4 is 34.3 Å². The second-order valence-electron chi connectivity index (χ2n) is 6.34. The monoisotopic (exact) mass is 419 g/mol. The van der Waals surface area contributed by atoms with E-state index in [1.165, 1.54) is 11.3 Å². The molecule has 2 amide bonds. The fourth-order valence-electron chi connectivity index (χ4n) is 2.95. The lowest BCUT2D eigenvalue weighted by atomic mass is 10.1. The van der Waals surface area contributed by atoms with Crippen molar-refractivity contribution in [1.29, 1.82) is 0 Å². The maximum Gasteiger partial charge on any atom is 0.321 e. The number of amides is 2. The highest BCUT2D eigenvalue weighted by Crippen LogP contribution is 2.37. The van der Waals surface area contributed by atoms with Crippen LogP contribution in [0.25, 0.3) is 10.4 Å². The van der Waals surface area contributed by atoms with Gasteiger partial charge in [-0.15, -0.1) is 0 Å². The van der Waals surface area contributed by atoms with Crippen LogP contribution < -0.4 is 15.5 Å². The predicted molar refractivity (Wildman–Crippen MR) is 111 cm³/mol. The lowest BCUT2D eigenvalue weighted by Crippen LogP contribution is -2.37. The van der Waals surface area contributed by atoms with Gasteiger partial charge in [0.05, 0.1) is 36.8 Å². The van der Waals surface area contributed by atoms with E-state index in [1.807, 2.05) is 19.1 Å². The van der Waals surface area contributed by atoms with Crippen molar-refractivity contribution in [3.8, 4) is 10.4 Å². The third-order valence-corrected chi connectivity index (χ3v) is 5.39. The highest BCUT2D eigenvalue weighted by Gasteiger charge is 2.20. The zero-order chi connectivity index (χ0) is 20.6. The first-order valence-corrected chi connectivity index (χ1v) is 10.4. The standard InChI is InChI=1S/C19H25N5O4S/c1-3-28-15(25)6-8-21-18(26)23-19-22-13(2)16(29-19)14-5-4-7-20-17(14)24-9-11-27-12-10-24/h4-5,7H,3,6,8-12H2,1-2H3,(H2,21,22,23,26). The molecule has 2 N–H and O–H groups in total. The van der Waals surface area contributed by atoms with Crippen LogP contribution in [0.4, 0.5) is 15.7 Å². The molecule has 1 fully saturated rings. The Morgan fingerprint density at radius 2 is 2.14 bits per heavy atom. The van der Waals surface area contributed by atoms with E-state index in [0.29, 0.717) is 25.0 Å². The van der Waals surface area contributed by atoms with Gasteiger partial charge in [-0.05, 0) is 26.0 Å². The Morgan fingerprint density at radius 3 is 2.90 bits per heavy atom. The number of carbonyl (C=O) groups excluding carboxylic acids is 2. The van der Waals surface area contributed by atoms with Crippen LogP contribution in [-0.2, 0) is 14.3 Å². The summed E-state index contributed by atoms with van der Waals surface area (Å²) in [7, 11) is 0. The van der Waals surface area contributed by atoms with E-state index >= 15 is 0 Å². The van der Waals surface area contributed by atoms with Gasteiger partial charge in [0.1, 0.15) is 5.82 Å². The molecule has 0 atom stereocenters. The van der Waals surface area contributed by atoms with Gasteiger partial charge in [0.25, 0.3) is 0 Å². The highest BCUT2D eigenvalue weighted by atomic mass is 32.1. The molecule has 3 rings (SSSR count). The number of nitrogens with zero attached hydrogens (tertiary/aromatic N) is 3. The number of pyridine rings is 1. The quantitative estimate of drug-likeness (QED) is 0.664. The maximum absolute atomic E-state index is 12.1. The Kier molecular flexibility index (Phi) is 7.36. The number of morpholine rings is 1. The summed E-state index contributed by atoms with van der Waals surface area (Å²) >= 11 is 1.39. The molecule has 0 aromatic carbocycles. The first-order chi connectivity index (χ1) is 14.1. The molecule has 0 spiro atoms. The molecule has 2 aromatic rings. The van der Waals surface area contributed by atoms with Gasteiger partial charge < -0.3 is 19.7 Å². The molecule has 1 saturated heterocycles. The molecule has 0 aliphatic carbocycles. The van der Waals surface area contributed by atoms with Crippen LogP contribution in [0, 0.1) is 6.92 Å². The number of hydrogen-bond acceptors (Lipinski definition) is 8. The Labute approximate surface area is 173 Å². The highest BCUT2D eigenvalue weighted by molar-refractivity contribution is 7.19. The van der Waals surface area contributed by atoms with Gasteiger partial charge in [-0.2, -0.15) is 0 Å². The zero-order valence-electron chi connectivity index (χ0n) is 16.6. The van der Waals surface area contributed by atoms with Crippen LogP contribution in [0.2, 0.25) is 0 Å². The summed E-state index contributed by atoms with van der Waals surface area (Å²) in [6.45, 7) is 7.11. The summed E-state index contributed by atoms with van der Waals surface area (Å²) < 4.78 is 10.3. The van der Waals surface area contributed by atoms with Crippen molar-refractivity contribution in [2.24, 2.45) is 0 Å². The summed E-state index contributed by atoms with van der Waals surface area (Å²) in [5, 5.41) is 5.85. The lowest BCUT2D eigenvalue weighted by Gasteiger charge is -2.29. The lowest BCUT2D eigenvalue weighted by molar-refractivity contribution is -0.142. The van der Waals surface area contributed by atoms with Crippen LogP contribution in [0.15, 0.2) is 18.3 Å². The molecule has 156 valence electrons. The van der Waals surface area contributed by atoms with Gasteiger partial charge in [0, 0.05) is 31.4 Å². The van der Waals surface area contributed by atoms with Crippen molar-refractivity contribution in [1.82, 2.24) is 15.3 Å². The van der Waals surface area contributed by atoms with Crippen LogP contribution >= 0.6 is 11.3 Å². The number of urea groups is 1. The Hall–Kier alpha value is -2.72. The SMILES string of the molecule is CCOC(=O)CCNC(=O)Nc1nc(C)c(-c2cccnc2N2CCOCC2)s1. The molecule has 2 aromatic heterocycles. The summed E-state index contributed by atoms with van der Waals surface area (Å²) in [6.07, 6.45) is 1.91. The molecule has 29 heavy (non-hydrogen) atoms. The zero-order valence-corrected chi connectivity index (χ0v) is 17.4. The molecule has 0 bridgehead atoms. The summed E-state index contributed by atoms with van der Waals surface area (Å²) in [5.74, 6) is 0.556. The van der Waals surface area contributed by atoms with E-state index in [9.17, 15) is 9.59 Å². The van der Waals surface area contributed by atoms with Crippen molar-refractivity contribution in [3.63, 3.8) is 0 Å². The number of nitrogens with one attached hydrogen (secondary N) is 2. The smallest absolute Gasteiger partial charge is 0.321 e. The molecule has 0 unspecified atom stereocenters. The Morgan fingerprint density at radius 1 is 1.34 bits per heavy atom. The minimum Gasteiger partial charge on any atom is -0.466 e. The van der Waals surface area contributed by atoms with E-state index in [0.717, 1.165) is 35.0 Å². The van der Waals surface area contributed by atoms with Crippen LogP contribution in [0.5, 0.6) is 0 Å². The largest absolute Gasteiger partial charge is 0.466 e. The number of rotatable bonds is 7. The first-order valence-electron chi connectivity index (χ1n) is 9.54. The average molecular weight is 420 g/mol. The minimum atomic E-state index is -0.408. The van der Waals surface area contributed by atoms with E-state index in [1.54, 1.807) is 13.1 Å². The normalized spacial score (nSPS) is 13.8. The maximum atomic E-state index is 12.1. The molecular formula is C19H25N5O4S. The summed E-state index contributed by atoms with van der Waals surface area (Å²) in [4.78, 5) is 35.6. The molecule has 3 heterocycles. The molecule has 1 aliphatic rings. The third-order valence-electron chi connectivity index (χ3n) is 4.28. The second-order valence-corrected chi connectivity index (χ2v) is 7.34. The number of anilines is 2. The van der Waals surface area contributed by atoms with Crippen molar-refractivity contribution in [3.05, 3.63) is 24.0 Å². The number of thiazole rings is 1. The van der Waals surface area contributed by atoms with Crippen molar-refractivity contribution in [2.45, 2.75) is 20.3 Å². The van der Waals surface area contributed by atoms with Crippen LogP contribution in [-0.4, -0.2) is 61.4 Å². The van der Waals surface area contributed by atoms with E-state index in [4.69, 9.17) is 9.47 Å². The van der Waals surface area contributed by atoms with Gasteiger partial charge in [-0.1, -0.05) is 11.3 Å². The average Bonchev–Trinajstić information content (AvgIpc) is 3.08. The molecule has 1 aliphatic heterocycles. The van der Waals surface area contributed by atoms with Gasteiger partial charge in [0.2, 0.25) is 0 Å². The fraction of sp³-hybridized carbons (Fsp3) is 0.474. The molecule has 0 radical (unpaired) electrons. The molecule has 9 nitrogen and oxygen atoms in total.